The van der Waals surface area contributed by atoms with E-state index in [-0.39, 0.29) is 42.0 Å². The summed E-state index contributed by atoms with van der Waals surface area (Å²) < 4.78 is 19.5. The second kappa shape index (κ2) is 11.3. The SMILES string of the molecule is CN=C(NCc1ccc(N2CC(C)OC(C)C2)nc1)NCc1ccccc1F.I. The summed E-state index contributed by atoms with van der Waals surface area (Å²) in [6.07, 6.45) is 2.28. The first-order valence-electron chi connectivity index (χ1n) is 9.58. The monoisotopic (exact) mass is 513 g/mol. The number of guanidine groups is 1. The second-order valence-electron chi connectivity index (χ2n) is 7.06. The van der Waals surface area contributed by atoms with E-state index < -0.39 is 0 Å². The number of nitrogens with one attached hydrogen (secondary N) is 2. The minimum Gasteiger partial charge on any atom is -0.372 e. The maximum atomic E-state index is 13.7. The van der Waals surface area contributed by atoms with Crippen LogP contribution in [-0.4, -0.2) is 43.3 Å². The van der Waals surface area contributed by atoms with Crippen molar-refractivity contribution in [1.29, 1.82) is 0 Å². The number of halogens is 2. The summed E-state index contributed by atoms with van der Waals surface area (Å²) in [5, 5.41) is 6.36. The number of pyridine rings is 1. The van der Waals surface area contributed by atoms with Gasteiger partial charge < -0.3 is 20.3 Å². The first kappa shape index (κ1) is 23.3. The first-order chi connectivity index (χ1) is 13.5. The van der Waals surface area contributed by atoms with Gasteiger partial charge in [-0.15, -0.1) is 24.0 Å². The van der Waals surface area contributed by atoms with Gasteiger partial charge in [-0.05, 0) is 31.5 Å². The third-order valence-corrected chi connectivity index (χ3v) is 4.64. The summed E-state index contributed by atoms with van der Waals surface area (Å²) in [5.74, 6) is 1.35. The molecule has 0 bridgehead atoms. The Hall–Kier alpha value is -1.94. The number of ether oxygens (including phenoxy) is 1. The van der Waals surface area contributed by atoms with Crippen molar-refractivity contribution >= 4 is 35.8 Å². The van der Waals surface area contributed by atoms with E-state index in [0.717, 1.165) is 24.5 Å². The van der Waals surface area contributed by atoms with E-state index in [2.05, 4.69) is 45.4 Å². The van der Waals surface area contributed by atoms with E-state index in [1.807, 2.05) is 18.3 Å². The lowest BCUT2D eigenvalue weighted by molar-refractivity contribution is -0.00545. The summed E-state index contributed by atoms with van der Waals surface area (Å²) in [5.41, 5.74) is 1.65. The predicted octanol–water partition coefficient (Wildman–Crippen LogP) is 3.32. The van der Waals surface area contributed by atoms with Crippen molar-refractivity contribution in [1.82, 2.24) is 15.6 Å². The van der Waals surface area contributed by atoms with Crippen LogP contribution in [-0.2, 0) is 17.8 Å². The zero-order valence-electron chi connectivity index (χ0n) is 17.1. The molecule has 0 radical (unpaired) electrons. The molecular weight excluding hydrogens is 484 g/mol. The van der Waals surface area contributed by atoms with E-state index in [1.165, 1.54) is 6.07 Å². The van der Waals surface area contributed by atoms with Crippen LogP contribution in [0.5, 0.6) is 0 Å². The van der Waals surface area contributed by atoms with Gasteiger partial charge in [0, 0.05) is 45.0 Å². The molecule has 0 aliphatic carbocycles. The van der Waals surface area contributed by atoms with Gasteiger partial charge in [-0.2, -0.15) is 0 Å². The number of hydrogen-bond donors (Lipinski definition) is 2. The lowest BCUT2D eigenvalue weighted by Crippen LogP contribution is -2.45. The summed E-state index contributed by atoms with van der Waals surface area (Å²) in [6.45, 7) is 6.82. The highest BCUT2D eigenvalue weighted by molar-refractivity contribution is 14.0. The van der Waals surface area contributed by atoms with Gasteiger partial charge in [0.05, 0.1) is 12.2 Å². The lowest BCUT2D eigenvalue weighted by atomic mass is 10.2. The third-order valence-electron chi connectivity index (χ3n) is 4.64. The number of aliphatic imine (C=N–C) groups is 1. The van der Waals surface area contributed by atoms with Crippen LogP contribution in [0.1, 0.15) is 25.0 Å². The third kappa shape index (κ3) is 6.81. The Bertz CT molecular complexity index is 792. The van der Waals surface area contributed by atoms with Gasteiger partial charge >= 0.3 is 0 Å². The Balaban J connectivity index is 0.00000300. The number of benzene rings is 1. The number of anilines is 1. The predicted molar refractivity (Wildman–Crippen MR) is 125 cm³/mol. The van der Waals surface area contributed by atoms with E-state index in [0.29, 0.717) is 24.6 Å². The highest BCUT2D eigenvalue weighted by Gasteiger charge is 2.22. The molecule has 3 rings (SSSR count). The molecule has 0 spiro atoms. The van der Waals surface area contributed by atoms with E-state index in [1.54, 1.807) is 19.2 Å². The molecular formula is C21H29FIN5O. The molecule has 2 unspecified atom stereocenters. The van der Waals surface area contributed by atoms with Crippen LogP contribution in [0.4, 0.5) is 10.2 Å². The minimum atomic E-state index is -0.225. The molecule has 2 atom stereocenters. The Morgan fingerprint density at radius 3 is 2.45 bits per heavy atom. The van der Waals surface area contributed by atoms with Crippen LogP contribution in [0.3, 0.4) is 0 Å². The van der Waals surface area contributed by atoms with E-state index in [4.69, 9.17) is 4.74 Å². The quantitative estimate of drug-likeness (QED) is 0.365. The molecule has 2 heterocycles. The van der Waals surface area contributed by atoms with Crippen molar-refractivity contribution in [3.05, 3.63) is 59.5 Å². The Morgan fingerprint density at radius 1 is 1.14 bits per heavy atom. The molecule has 1 fully saturated rings. The molecule has 1 aliphatic heterocycles. The molecule has 6 nitrogen and oxygen atoms in total. The largest absolute Gasteiger partial charge is 0.372 e. The van der Waals surface area contributed by atoms with Gasteiger partial charge in [0.2, 0.25) is 0 Å². The van der Waals surface area contributed by atoms with Crippen molar-refractivity contribution in [3.8, 4) is 0 Å². The molecule has 1 aliphatic rings. The van der Waals surface area contributed by atoms with E-state index >= 15 is 0 Å². The van der Waals surface area contributed by atoms with Crippen molar-refractivity contribution in [2.75, 3.05) is 25.0 Å². The Kier molecular flexibility index (Phi) is 9.09. The molecule has 2 N–H and O–H groups in total. The highest BCUT2D eigenvalue weighted by atomic mass is 127. The topological polar surface area (TPSA) is 61.8 Å². The number of nitrogens with zero attached hydrogens (tertiary/aromatic N) is 3. The number of rotatable bonds is 5. The van der Waals surface area contributed by atoms with Gasteiger partial charge in [-0.1, -0.05) is 24.3 Å². The molecule has 158 valence electrons. The van der Waals surface area contributed by atoms with Crippen LogP contribution in [0.2, 0.25) is 0 Å². The van der Waals surface area contributed by atoms with Crippen LogP contribution in [0.25, 0.3) is 0 Å². The van der Waals surface area contributed by atoms with Gasteiger partial charge in [-0.25, -0.2) is 9.37 Å². The molecule has 1 aromatic heterocycles. The fourth-order valence-electron chi connectivity index (χ4n) is 3.30. The second-order valence-corrected chi connectivity index (χ2v) is 7.06. The molecule has 0 amide bonds. The average molecular weight is 513 g/mol. The molecule has 1 aromatic carbocycles. The zero-order valence-corrected chi connectivity index (χ0v) is 19.4. The number of aromatic nitrogens is 1. The zero-order chi connectivity index (χ0) is 19.9. The summed E-state index contributed by atoms with van der Waals surface area (Å²) in [4.78, 5) is 11.0. The number of morpholine rings is 1. The molecule has 0 saturated carbocycles. The van der Waals surface area contributed by atoms with Gasteiger partial charge in [0.1, 0.15) is 11.6 Å². The average Bonchev–Trinajstić information content (AvgIpc) is 2.69. The lowest BCUT2D eigenvalue weighted by Gasteiger charge is -2.36. The normalized spacial score (nSPS) is 19.4. The minimum absolute atomic E-state index is 0. The number of hydrogen-bond acceptors (Lipinski definition) is 4. The molecule has 8 heteroatoms. The van der Waals surface area contributed by atoms with Crippen LogP contribution >= 0.6 is 24.0 Å². The summed E-state index contributed by atoms with van der Waals surface area (Å²) in [6, 6.07) is 10.8. The van der Waals surface area contributed by atoms with Crippen molar-refractivity contribution < 1.29 is 9.13 Å². The van der Waals surface area contributed by atoms with Crippen molar-refractivity contribution in [3.63, 3.8) is 0 Å². The van der Waals surface area contributed by atoms with Gasteiger partial charge in [0.25, 0.3) is 0 Å². The molecule has 29 heavy (non-hydrogen) atoms. The summed E-state index contributed by atoms with van der Waals surface area (Å²) in [7, 11) is 1.69. The molecule has 1 saturated heterocycles. The summed E-state index contributed by atoms with van der Waals surface area (Å²) >= 11 is 0. The van der Waals surface area contributed by atoms with E-state index in [9.17, 15) is 4.39 Å². The maximum Gasteiger partial charge on any atom is 0.191 e. The van der Waals surface area contributed by atoms with Gasteiger partial charge in [-0.3, -0.25) is 4.99 Å². The standard InChI is InChI=1S/C21H28FN5O.HI/c1-15-13-27(14-16(2)28-15)20-9-8-17(10-24-20)11-25-21(23-3)26-12-18-6-4-5-7-19(18)22;/h4-10,15-16H,11-14H2,1-3H3,(H2,23,25,26);1H. The van der Waals surface area contributed by atoms with Crippen molar-refractivity contribution in [2.24, 2.45) is 4.99 Å². The van der Waals surface area contributed by atoms with Gasteiger partial charge in [0.15, 0.2) is 5.96 Å². The molecule has 2 aromatic rings. The Morgan fingerprint density at radius 2 is 1.83 bits per heavy atom. The Labute approximate surface area is 189 Å². The van der Waals surface area contributed by atoms with Crippen molar-refractivity contribution in [2.45, 2.75) is 39.1 Å². The fraction of sp³-hybridized carbons (Fsp3) is 0.429. The van der Waals surface area contributed by atoms with Crippen LogP contribution < -0.4 is 15.5 Å². The fourth-order valence-corrected chi connectivity index (χ4v) is 3.30. The first-order valence-corrected chi connectivity index (χ1v) is 9.58. The highest BCUT2D eigenvalue weighted by Crippen LogP contribution is 2.18. The maximum absolute atomic E-state index is 13.7. The van der Waals surface area contributed by atoms with Crippen LogP contribution in [0.15, 0.2) is 47.6 Å². The smallest absolute Gasteiger partial charge is 0.191 e. The van der Waals surface area contributed by atoms with Crippen LogP contribution in [0, 0.1) is 5.82 Å².